The van der Waals surface area contributed by atoms with Crippen molar-refractivity contribution in [2.24, 2.45) is 11.8 Å². The van der Waals surface area contributed by atoms with Gasteiger partial charge in [-0.1, -0.05) is 0 Å². The maximum absolute atomic E-state index is 8.88. The first kappa shape index (κ1) is 8.37. The molecule has 1 aliphatic heterocycles. The van der Waals surface area contributed by atoms with Crippen LogP contribution in [0, 0.1) is 11.8 Å². The van der Waals surface area contributed by atoms with Crippen molar-refractivity contribution in [2.75, 3.05) is 25.6 Å². The normalized spacial score (nSPS) is 28.8. The van der Waals surface area contributed by atoms with Crippen LogP contribution >= 0.6 is 12.6 Å². The van der Waals surface area contributed by atoms with Crippen LogP contribution in [0.4, 0.5) is 0 Å². The predicted octanol–water partition coefficient (Wildman–Crippen LogP) is 0.561. The summed E-state index contributed by atoms with van der Waals surface area (Å²) in [6.45, 7) is 1.91. The fourth-order valence-electron chi connectivity index (χ4n) is 1.28. The summed E-state index contributed by atoms with van der Waals surface area (Å²) in [6.07, 6.45) is 1.09. The molecule has 0 saturated carbocycles. The van der Waals surface area contributed by atoms with E-state index in [0.717, 1.165) is 25.4 Å². The Labute approximate surface area is 67.0 Å². The Morgan fingerprint density at radius 1 is 1.70 bits per heavy atom. The molecule has 2 unspecified atom stereocenters. The van der Waals surface area contributed by atoms with Crippen molar-refractivity contribution < 1.29 is 9.84 Å². The maximum Gasteiger partial charge on any atom is 0.0498 e. The summed E-state index contributed by atoms with van der Waals surface area (Å²) in [6, 6.07) is 0. The van der Waals surface area contributed by atoms with Crippen LogP contribution in [0.5, 0.6) is 0 Å². The summed E-state index contributed by atoms with van der Waals surface area (Å²) in [7, 11) is 0. The van der Waals surface area contributed by atoms with Gasteiger partial charge in [0.15, 0.2) is 0 Å². The van der Waals surface area contributed by atoms with Gasteiger partial charge in [0.25, 0.3) is 0 Å². The number of hydrogen-bond donors (Lipinski definition) is 2. The summed E-state index contributed by atoms with van der Waals surface area (Å²) >= 11 is 4.16. The molecule has 1 heterocycles. The first-order valence-electron chi connectivity index (χ1n) is 3.68. The van der Waals surface area contributed by atoms with Crippen LogP contribution < -0.4 is 0 Å². The highest BCUT2D eigenvalue weighted by Crippen LogP contribution is 2.22. The largest absolute Gasteiger partial charge is 0.396 e. The Morgan fingerprint density at radius 3 is 2.90 bits per heavy atom. The average Bonchev–Trinajstić information content (AvgIpc) is 2.43. The Hall–Kier alpha value is 0.270. The summed E-state index contributed by atoms with van der Waals surface area (Å²) in [5.74, 6) is 1.65. The van der Waals surface area contributed by atoms with Gasteiger partial charge < -0.3 is 9.84 Å². The van der Waals surface area contributed by atoms with E-state index in [1.54, 1.807) is 0 Å². The fourth-order valence-corrected chi connectivity index (χ4v) is 1.69. The average molecular weight is 162 g/mol. The van der Waals surface area contributed by atoms with E-state index < -0.39 is 0 Å². The van der Waals surface area contributed by atoms with Crippen LogP contribution in [-0.4, -0.2) is 30.7 Å². The van der Waals surface area contributed by atoms with Crippen molar-refractivity contribution in [3.05, 3.63) is 0 Å². The minimum absolute atomic E-state index is 0.248. The summed E-state index contributed by atoms with van der Waals surface area (Å²) in [5, 5.41) is 8.88. The van der Waals surface area contributed by atoms with Crippen LogP contribution in [0.1, 0.15) is 6.42 Å². The summed E-state index contributed by atoms with van der Waals surface area (Å²) < 4.78 is 5.20. The molecule has 1 aliphatic rings. The molecule has 0 aromatic rings. The van der Waals surface area contributed by atoms with Gasteiger partial charge in [-0.05, 0) is 24.0 Å². The molecule has 0 aromatic carbocycles. The third-order valence-corrected chi connectivity index (χ3v) is 2.57. The van der Waals surface area contributed by atoms with E-state index in [2.05, 4.69) is 12.6 Å². The van der Waals surface area contributed by atoms with Crippen LogP contribution in [0.25, 0.3) is 0 Å². The lowest BCUT2D eigenvalue weighted by molar-refractivity contribution is 0.149. The highest BCUT2D eigenvalue weighted by molar-refractivity contribution is 7.80. The quantitative estimate of drug-likeness (QED) is 0.594. The van der Waals surface area contributed by atoms with Crippen LogP contribution in [0.15, 0.2) is 0 Å². The lowest BCUT2D eigenvalue weighted by Gasteiger charge is -2.16. The van der Waals surface area contributed by atoms with Gasteiger partial charge in [-0.2, -0.15) is 12.6 Å². The smallest absolute Gasteiger partial charge is 0.0498 e. The number of aliphatic hydroxyl groups is 1. The number of aliphatic hydroxyl groups excluding tert-OH is 1. The first-order chi connectivity index (χ1) is 4.88. The Morgan fingerprint density at radius 2 is 2.50 bits per heavy atom. The molecule has 60 valence electrons. The van der Waals surface area contributed by atoms with E-state index in [1.807, 2.05) is 0 Å². The van der Waals surface area contributed by atoms with Gasteiger partial charge in [-0.3, -0.25) is 0 Å². The molecule has 1 saturated heterocycles. The van der Waals surface area contributed by atoms with Gasteiger partial charge in [0, 0.05) is 19.8 Å². The minimum atomic E-state index is 0.248. The second-order valence-electron chi connectivity index (χ2n) is 2.75. The van der Waals surface area contributed by atoms with Crippen LogP contribution in [0.2, 0.25) is 0 Å². The number of hydrogen-bond acceptors (Lipinski definition) is 3. The predicted molar refractivity (Wildman–Crippen MR) is 43.4 cm³/mol. The zero-order chi connectivity index (χ0) is 7.40. The van der Waals surface area contributed by atoms with Gasteiger partial charge >= 0.3 is 0 Å². The molecular weight excluding hydrogens is 148 g/mol. The maximum atomic E-state index is 8.88. The highest BCUT2D eigenvalue weighted by Gasteiger charge is 2.23. The molecule has 2 atom stereocenters. The number of ether oxygens (including phenoxy) is 1. The molecule has 1 N–H and O–H groups in total. The standard InChI is InChI=1S/C7H14O2S/c8-3-7(5-10)6-1-2-9-4-6/h6-8,10H,1-5H2. The van der Waals surface area contributed by atoms with Crippen molar-refractivity contribution in [1.82, 2.24) is 0 Å². The Balaban J connectivity index is 2.29. The molecule has 3 heteroatoms. The van der Waals surface area contributed by atoms with E-state index in [-0.39, 0.29) is 6.61 Å². The van der Waals surface area contributed by atoms with Crippen molar-refractivity contribution in [2.45, 2.75) is 6.42 Å². The summed E-state index contributed by atoms with van der Waals surface area (Å²) in [5.41, 5.74) is 0. The van der Waals surface area contributed by atoms with Gasteiger partial charge in [-0.15, -0.1) is 0 Å². The second-order valence-corrected chi connectivity index (χ2v) is 3.11. The molecule has 0 radical (unpaired) electrons. The fraction of sp³-hybridized carbons (Fsp3) is 1.00. The van der Waals surface area contributed by atoms with E-state index in [0.29, 0.717) is 11.8 Å². The first-order valence-corrected chi connectivity index (χ1v) is 4.31. The van der Waals surface area contributed by atoms with Crippen molar-refractivity contribution in [3.8, 4) is 0 Å². The van der Waals surface area contributed by atoms with E-state index in [1.165, 1.54) is 0 Å². The van der Waals surface area contributed by atoms with Crippen LogP contribution in [0.3, 0.4) is 0 Å². The third kappa shape index (κ3) is 1.87. The lowest BCUT2D eigenvalue weighted by Crippen LogP contribution is -2.20. The molecule has 0 bridgehead atoms. The van der Waals surface area contributed by atoms with Gasteiger partial charge in [0.1, 0.15) is 0 Å². The van der Waals surface area contributed by atoms with Gasteiger partial charge in [0.2, 0.25) is 0 Å². The Kier molecular flexibility index (Phi) is 3.52. The van der Waals surface area contributed by atoms with Crippen molar-refractivity contribution in [1.29, 1.82) is 0 Å². The molecule has 2 nitrogen and oxygen atoms in total. The summed E-state index contributed by atoms with van der Waals surface area (Å²) in [4.78, 5) is 0. The SMILES string of the molecule is OCC(CS)C1CCOC1. The van der Waals surface area contributed by atoms with Gasteiger partial charge in [0.05, 0.1) is 0 Å². The topological polar surface area (TPSA) is 29.5 Å². The lowest BCUT2D eigenvalue weighted by atomic mass is 9.94. The minimum Gasteiger partial charge on any atom is -0.396 e. The van der Waals surface area contributed by atoms with E-state index >= 15 is 0 Å². The van der Waals surface area contributed by atoms with Crippen LogP contribution in [-0.2, 0) is 4.74 Å². The molecular formula is C7H14O2S. The molecule has 1 rings (SSSR count). The number of thiol groups is 1. The molecule has 0 amide bonds. The third-order valence-electron chi connectivity index (χ3n) is 2.10. The highest BCUT2D eigenvalue weighted by atomic mass is 32.1. The molecule has 10 heavy (non-hydrogen) atoms. The van der Waals surface area contributed by atoms with Crippen molar-refractivity contribution >= 4 is 12.6 Å². The molecule has 1 fully saturated rings. The van der Waals surface area contributed by atoms with Gasteiger partial charge in [-0.25, -0.2) is 0 Å². The van der Waals surface area contributed by atoms with E-state index in [9.17, 15) is 0 Å². The monoisotopic (exact) mass is 162 g/mol. The number of rotatable bonds is 3. The second kappa shape index (κ2) is 4.21. The zero-order valence-corrected chi connectivity index (χ0v) is 6.89. The molecule has 0 aromatic heterocycles. The Bertz CT molecular complexity index is 87.6. The van der Waals surface area contributed by atoms with Crippen molar-refractivity contribution in [3.63, 3.8) is 0 Å². The van der Waals surface area contributed by atoms with E-state index in [4.69, 9.17) is 9.84 Å². The molecule has 0 spiro atoms. The zero-order valence-electron chi connectivity index (χ0n) is 5.99. The molecule has 0 aliphatic carbocycles.